The van der Waals surface area contributed by atoms with Gasteiger partial charge in [-0.2, -0.15) is 0 Å². The highest BCUT2D eigenvalue weighted by atomic mass is 16.6. The average Bonchev–Trinajstić information content (AvgIpc) is 3.40. The largest absolute Gasteiger partial charge is 0.493 e. The van der Waals surface area contributed by atoms with Crippen LogP contribution < -0.4 is 19.5 Å². The molecule has 2 aliphatic heterocycles. The standard InChI is InChI=1S/C27H34N2O6/c1-2-23(30)19-5-8-21(9-6-19)33-14-11-26(31)28-22(18-29-12-3-4-13-29)27(32)20-7-10-24-25(17-20)35-16-15-34-24/h5-10,17,22,27,32H,2-4,11-16,18H2,1H3,(H,28,31). The predicted octanol–water partition coefficient (Wildman–Crippen LogP) is 3.13. The highest BCUT2D eigenvalue weighted by Crippen LogP contribution is 2.33. The van der Waals surface area contributed by atoms with E-state index in [2.05, 4.69) is 10.2 Å². The number of amides is 1. The van der Waals surface area contributed by atoms with E-state index in [1.165, 1.54) is 0 Å². The maximum Gasteiger partial charge on any atom is 0.223 e. The Labute approximate surface area is 206 Å². The molecule has 2 aromatic carbocycles. The van der Waals surface area contributed by atoms with Gasteiger partial charge in [0.05, 0.1) is 19.1 Å². The van der Waals surface area contributed by atoms with Crippen molar-refractivity contribution in [1.29, 1.82) is 0 Å². The second-order valence-corrected chi connectivity index (χ2v) is 8.93. The number of ketones is 1. The number of fused-ring (bicyclic) bond motifs is 1. The Morgan fingerprint density at radius 1 is 1.06 bits per heavy atom. The van der Waals surface area contributed by atoms with Crippen LogP contribution in [0, 0.1) is 0 Å². The van der Waals surface area contributed by atoms with Gasteiger partial charge in [-0.1, -0.05) is 13.0 Å². The van der Waals surface area contributed by atoms with E-state index in [4.69, 9.17) is 14.2 Å². The molecule has 2 unspecified atom stereocenters. The van der Waals surface area contributed by atoms with Gasteiger partial charge in [0.25, 0.3) is 0 Å². The number of rotatable bonds is 11. The summed E-state index contributed by atoms with van der Waals surface area (Å²) in [6.45, 7) is 5.48. The van der Waals surface area contributed by atoms with Gasteiger partial charge in [0, 0.05) is 18.5 Å². The van der Waals surface area contributed by atoms with Crippen LogP contribution in [0.5, 0.6) is 17.2 Å². The number of nitrogens with zero attached hydrogens (tertiary/aromatic N) is 1. The van der Waals surface area contributed by atoms with E-state index in [-0.39, 0.29) is 24.7 Å². The molecule has 0 aromatic heterocycles. The van der Waals surface area contributed by atoms with Crippen molar-refractivity contribution in [2.24, 2.45) is 0 Å². The molecule has 0 saturated carbocycles. The first-order chi connectivity index (χ1) is 17.0. The fourth-order valence-electron chi connectivity index (χ4n) is 4.43. The molecule has 8 heteroatoms. The van der Waals surface area contributed by atoms with Crippen LogP contribution in [0.25, 0.3) is 0 Å². The number of carbonyl (C=O) groups excluding carboxylic acids is 2. The van der Waals surface area contributed by atoms with Crippen molar-refractivity contribution in [3.05, 3.63) is 53.6 Å². The molecule has 2 atom stereocenters. The lowest BCUT2D eigenvalue weighted by Crippen LogP contribution is -2.47. The smallest absolute Gasteiger partial charge is 0.223 e. The van der Waals surface area contributed by atoms with Gasteiger partial charge in [0.1, 0.15) is 25.1 Å². The molecule has 4 rings (SSSR count). The Morgan fingerprint density at radius 3 is 2.49 bits per heavy atom. The SMILES string of the molecule is CCC(=O)c1ccc(OCCC(=O)NC(CN2CCCC2)C(O)c2ccc3c(c2)OCCO3)cc1. The van der Waals surface area contributed by atoms with Crippen LogP contribution in [0.4, 0.5) is 0 Å². The van der Waals surface area contributed by atoms with E-state index in [1.54, 1.807) is 36.4 Å². The molecular formula is C27H34N2O6. The number of ether oxygens (including phenoxy) is 3. The molecule has 2 aromatic rings. The van der Waals surface area contributed by atoms with Gasteiger partial charge in [0.2, 0.25) is 5.91 Å². The average molecular weight is 483 g/mol. The van der Waals surface area contributed by atoms with Gasteiger partial charge in [-0.15, -0.1) is 0 Å². The van der Waals surface area contributed by atoms with Crippen LogP contribution >= 0.6 is 0 Å². The van der Waals surface area contributed by atoms with Crippen LogP contribution in [0.15, 0.2) is 42.5 Å². The number of benzene rings is 2. The monoisotopic (exact) mass is 482 g/mol. The van der Waals surface area contributed by atoms with Crippen molar-refractivity contribution < 1.29 is 28.9 Å². The molecule has 2 aliphatic rings. The van der Waals surface area contributed by atoms with Crippen LogP contribution in [0.2, 0.25) is 0 Å². The van der Waals surface area contributed by atoms with E-state index in [9.17, 15) is 14.7 Å². The fourth-order valence-corrected chi connectivity index (χ4v) is 4.43. The molecule has 188 valence electrons. The zero-order chi connectivity index (χ0) is 24.6. The highest BCUT2D eigenvalue weighted by Gasteiger charge is 2.27. The number of nitrogens with one attached hydrogen (secondary N) is 1. The second-order valence-electron chi connectivity index (χ2n) is 8.93. The van der Waals surface area contributed by atoms with Crippen LogP contribution in [-0.4, -0.2) is 67.2 Å². The molecule has 2 N–H and O–H groups in total. The van der Waals surface area contributed by atoms with Crippen LogP contribution in [0.1, 0.15) is 54.6 Å². The Morgan fingerprint density at radius 2 is 1.77 bits per heavy atom. The van der Waals surface area contributed by atoms with Crippen LogP contribution in [0.3, 0.4) is 0 Å². The first-order valence-electron chi connectivity index (χ1n) is 12.4. The molecule has 35 heavy (non-hydrogen) atoms. The van der Waals surface area contributed by atoms with Crippen molar-refractivity contribution in [2.75, 3.05) is 39.5 Å². The number of aliphatic hydroxyl groups is 1. The number of likely N-dealkylation sites (tertiary alicyclic amines) is 1. The van der Waals surface area contributed by atoms with Crippen molar-refractivity contribution in [1.82, 2.24) is 10.2 Å². The molecular weight excluding hydrogens is 448 g/mol. The lowest BCUT2D eigenvalue weighted by molar-refractivity contribution is -0.123. The normalized spacial score (nSPS) is 17.0. The van der Waals surface area contributed by atoms with Gasteiger partial charge in [-0.05, 0) is 67.9 Å². The zero-order valence-electron chi connectivity index (χ0n) is 20.2. The molecule has 1 saturated heterocycles. The summed E-state index contributed by atoms with van der Waals surface area (Å²) in [7, 11) is 0. The van der Waals surface area contributed by atoms with E-state index in [0.717, 1.165) is 25.9 Å². The summed E-state index contributed by atoms with van der Waals surface area (Å²) in [5, 5.41) is 14.2. The van der Waals surface area contributed by atoms with Crippen molar-refractivity contribution >= 4 is 11.7 Å². The number of carbonyl (C=O) groups is 2. The highest BCUT2D eigenvalue weighted by molar-refractivity contribution is 5.95. The van der Waals surface area contributed by atoms with E-state index >= 15 is 0 Å². The predicted molar refractivity (Wildman–Crippen MR) is 131 cm³/mol. The lowest BCUT2D eigenvalue weighted by atomic mass is 10.0. The lowest BCUT2D eigenvalue weighted by Gasteiger charge is -2.29. The Kier molecular flexibility index (Phi) is 8.60. The van der Waals surface area contributed by atoms with Crippen LogP contribution in [-0.2, 0) is 4.79 Å². The summed E-state index contributed by atoms with van der Waals surface area (Å²) >= 11 is 0. The number of aliphatic hydroxyl groups excluding tert-OH is 1. The first-order valence-corrected chi connectivity index (χ1v) is 12.4. The minimum atomic E-state index is -0.889. The van der Waals surface area contributed by atoms with Gasteiger partial charge >= 0.3 is 0 Å². The van der Waals surface area contributed by atoms with Crippen molar-refractivity contribution in [3.63, 3.8) is 0 Å². The summed E-state index contributed by atoms with van der Waals surface area (Å²) in [6.07, 6.45) is 1.96. The molecule has 0 aliphatic carbocycles. The van der Waals surface area contributed by atoms with Gasteiger partial charge < -0.3 is 29.5 Å². The molecule has 1 fully saturated rings. The molecule has 0 spiro atoms. The summed E-state index contributed by atoms with van der Waals surface area (Å²) in [5.41, 5.74) is 1.33. The van der Waals surface area contributed by atoms with Gasteiger partial charge in [-0.25, -0.2) is 0 Å². The van der Waals surface area contributed by atoms with E-state index in [1.807, 2.05) is 13.0 Å². The summed E-state index contributed by atoms with van der Waals surface area (Å²) in [4.78, 5) is 26.8. The van der Waals surface area contributed by atoms with Crippen molar-refractivity contribution in [3.8, 4) is 17.2 Å². The summed E-state index contributed by atoms with van der Waals surface area (Å²) in [6, 6.07) is 11.9. The molecule has 0 radical (unpaired) electrons. The molecule has 8 nitrogen and oxygen atoms in total. The molecule has 1 amide bonds. The number of Topliss-reactive ketones (excluding diaryl/α,β-unsaturated/α-hetero) is 1. The van der Waals surface area contributed by atoms with Gasteiger partial charge in [0.15, 0.2) is 17.3 Å². The third kappa shape index (κ3) is 6.74. The van der Waals surface area contributed by atoms with E-state index < -0.39 is 12.1 Å². The minimum absolute atomic E-state index is 0.0801. The first kappa shape index (κ1) is 25.0. The minimum Gasteiger partial charge on any atom is -0.493 e. The summed E-state index contributed by atoms with van der Waals surface area (Å²) < 4.78 is 16.9. The Balaban J connectivity index is 1.35. The zero-order valence-corrected chi connectivity index (χ0v) is 20.2. The third-order valence-corrected chi connectivity index (χ3v) is 6.38. The quantitative estimate of drug-likeness (QED) is 0.475. The maximum atomic E-state index is 12.8. The third-order valence-electron chi connectivity index (χ3n) is 6.38. The van der Waals surface area contributed by atoms with Gasteiger partial charge in [-0.3, -0.25) is 9.59 Å². The number of hydrogen-bond donors (Lipinski definition) is 2. The molecule has 0 bridgehead atoms. The topological polar surface area (TPSA) is 97.3 Å². The fraction of sp³-hybridized carbons (Fsp3) is 0.481. The summed E-state index contributed by atoms with van der Waals surface area (Å²) in [5.74, 6) is 1.77. The Hall–Kier alpha value is -3.10. The van der Waals surface area contributed by atoms with E-state index in [0.29, 0.717) is 54.6 Å². The Bertz CT molecular complexity index is 1000. The molecule has 2 heterocycles. The number of hydrogen-bond acceptors (Lipinski definition) is 7. The maximum absolute atomic E-state index is 12.8. The van der Waals surface area contributed by atoms with Crippen molar-refractivity contribution in [2.45, 2.75) is 44.8 Å². The second kappa shape index (κ2) is 12.0.